The molecule has 6 heteroatoms. The molecule has 19 heavy (non-hydrogen) atoms. The number of hydrogen-bond donors (Lipinski definition) is 2. The van der Waals surface area contributed by atoms with E-state index in [4.69, 9.17) is 10.6 Å². The van der Waals surface area contributed by atoms with Gasteiger partial charge in [-0.15, -0.1) is 0 Å². The van der Waals surface area contributed by atoms with Crippen LogP contribution in [0.5, 0.6) is 5.75 Å². The van der Waals surface area contributed by atoms with Crippen molar-refractivity contribution in [3.63, 3.8) is 0 Å². The van der Waals surface area contributed by atoms with Gasteiger partial charge in [-0.05, 0) is 30.2 Å². The zero-order valence-electron chi connectivity index (χ0n) is 10.5. The zero-order valence-corrected chi connectivity index (χ0v) is 12.1. The summed E-state index contributed by atoms with van der Waals surface area (Å²) in [5.41, 5.74) is 4.84. The molecule has 5 nitrogen and oxygen atoms in total. The first-order chi connectivity index (χ1) is 9.24. The van der Waals surface area contributed by atoms with Gasteiger partial charge in [0.15, 0.2) is 0 Å². The molecule has 0 aliphatic heterocycles. The van der Waals surface area contributed by atoms with Gasteiger partial charge in [-0.1, -0.05) is 15.9 Å². The average molecular weight is 323 g/mol. The quantitative estimate of drug-likeness (QED) is 0.650. The minimum atomic E-state index is -0.0513. The summed E-state index contributed by atoms with van der Waals surface area (Å²) in [4.78, 5) is 8.02. The number of nitrogens with zero attached hydrogens (tertiary/aromatic N) is 2. The summed E-state index contributed by atoms with van der Waals surface area (Å²) in [6.45, 7) is 0. The maximum Gasteiger partial charge on any atom is 0.119 e. The highest BCUT2D eigenvalue weighted by Crippen LogP contribution is 2.26. The van der Waals surface area contributed by atoms with Gasteiger partial charge in [-0.2, -0.15) is 0 Å². The Kier molecular flexibility index (Phi) is 4.84. The molecule has 2 rings (SSSR count). The predicted octanol–water partition coefficient (Wildman–Crippen LogP) is 1.99. The van der Waals surface area contributed by atoms with Crippen LogP contribution in [0.2, 0.25) is 0 Å². The van der Waals surface area contributed by atoms with Crippen molar-refractivity contribution < 1.29 is 4.74 Å². The largest absolute Gasteiger partial charge is 0.497 e. The molecule has 0 radical (unpaired) electrons. The lowest BCUT2D eigenvalue weighted by Gasteiger charge is -2.17. The highest BCUT2D eigenvalue weighted by Gasteiger charge is 2.13. The lowest BCUT2D eigenvalue weighted by Crippen LogP contribution is -2.29. The third-order valence-electron chi connectivity index (χ3n) is 2.86. The summed E-state index contributed by atoms with van der Waals surface area (Å²) in [6, 6.07) is 5.80. The third kappa shape index (κ3) is 3.50. The zero-order chi connectivity index (χ0) is 13.7. The summed E-state index contributed by atoms with van der Waals surface area (Å²) in [5.74, 6) is 6.44. The molecule has 0 saturated heterocycles. The van der Waals surface area contributed by atoms with Crippen molar-refractivity contribution in [3.8, 4) is 5.75 Å². The second kappa shape index (κ2) is 6.60. The van der Waals surface area contributed by atoms with Gasteiger partial charge < -0.3 is 4.74 Å². The van der Waals surface area contributed by atoms with E-state index in [2.05, 4.69) is 31.3 Å². The highest BCUT2D eigenvalue weighted by atomic mass is 79.9. The van der Waals surface area contributed by atoms with Crippen LogP contribution in [0.4, 0.5) is 0 Å². The average Bonchev–Trinajstić information content (AvgIpc) is 2.47. The Morgan fingerprint density at radius 2 is 2.11 bits per heavy atom. The van der Waals surface area contributed by atoms with Crippen LogP contribution in [0.15, 0.2) is 41.4 Å². The molecule has 0 amide bonds. The van der Waals surface area contributed by atoms with Gasteiger partial charge in [0.25, 0.3) is 0 Å². The molecule has 0 aliphatic carbocycles. The van der Waals surface area contributed by atoms with Gasteiger partial charge in [0.2, 0.25) is 0 Å². The number of ether oxygens (including phenoxy) is 1. The Morgan fingerprint density at radius 3 is 2.74 bits per heavy atom. The lowest BCUT2D eigenvalue weighted by molar-refractivity contribution is 0.413. The van der Waals surface area contributed by atoms with Gasteiger partial charge >= 0.3 is 0 Å². The lowest BCUT2D eigenvalue weighted by atomic mass is 10.0. The number of rotatable bonds is 5. The van der Waals surface area contributed by atoms with Gasteiger partial charge in [0, 0.05) is 22.4 Å². The molecule has 0 spiro atoms. The summed E-state index contributed by atoms with van der Waals surface area (Å²) < 4.78 is 6.25. The molecule has 1 aromatic carbocycles. The molecular formula is C13H15BrN4O. The van der Waals surface area contributed by atoms with E-state index in [-0.39, 0.29) is 6.04 Å². The highest BCUT2D eigenvalue weighted by molar-refractivity contribution is 9.10. The first-order valence-electron chi connectivity index (χ1n) is 5.78. The second-order valence-corrected chi connectivity index (χ2v) is 4.91. The summed E-state index contributed by atoms with van der Waals surface area (Å²) >= 11 is 3.53. The van der Waals surface area contributed by atoms with Gasteiger partial charge in [0.1, 0.15) is 12.1 Å². The van der Waals surface area contributed by atoms with E-state index in [1.165, 1.54) is 6.33 Å². The van der Waals surface area contributed by atoms with Crippen molar-refractivity contribution in [1.82, 2.24) is 15.4 Å². The van der Waals surface area contributed by atoms with Gasteiger partial charge in [-0.3, -0.25) is 11.3 Å². The number of benzene rings is 1. The van der Waals surface area contributed by atoms with Crippen LogP contribution in [0, 0.1) is 0 Å². The molecule has 0 fully saturated rings. The molecule has 100 valence electrons. The number of aromatic nitrogens is 2. The Bertz CT molecular complexity index is 535. The Morgan fingerprint density at radius 1 is 1.37 bits per heavy atom. The van der Waals surface area contributed by atoms with Crippen LogP contribution in [0.25, 0.3) is 0 Å². The molecule has 1 atom stereocenters. The molecule has 0 bridgehead atoms. The summed E-state index contributed by atoms with van der Waals surface area (Å²) in [7, 11) is 1.65. The fourth-order valence-corrected chi connectivity index (χ4v) is 2.23. The maximum absolute atomic E-state index is 5.62. The van der Waals surface area contributed by atoms with E-state index < -0.39 is 0 Å². The molecule has 0 saturated carbocycles. The van der Waals surface area contributed by atoms with E-state index in [1.54, 1.807) is 19.5 Å². The first-order valence-corrected chi connectivity index (χ1v) is 6.57. The van der Waals surface area contributed by atoms with Gasteiger partial charge in [-0.25, -0.2) is 9.97 Å². The number of halogens is 1. The van der Waals surface area contributed by atoms with Crippen LogP contribution in [0.1, 0.15) is 17.2 Å². The van der Waals surface area contributed by atoms with Crippen LogP contribution in [-0.2, 0) is 6.42 Å². The Labute approximate surface area is 120 Å². The van der Waals surface area contributed by atoms with Gasteiger partial charge in [0.05, 0.1) is 13.2 Å². The second-order valence-electron chi connectivity index (χ2n) is 4.05. The van der Waals surface area contributed by atoms with E-state index >= 15 is 0 Å². The van der Waals surface area contributed by atoms with Crippen LogP contribution < -0.4 is 16.0 Å². The summed E-state index contributed by atoms with van der Waals surface area (Å²) in [6.07, 6.45) is 5.72. The number of hydrogen-bond acceptors (Lipinski definition) is 5. The van der Waals surface area contributed by atoms with E-state index in [9.17, 15) is 0 Å². The van der Waals surface area contributed by atoms with Crippen LogP contribution >= 0.6 is 15.9 Å². The molecule has 1 unspecified atom stereocenters. The monoisotopic (exact) mass is 322 g/mol. The standard InChI is InChI=1S/C13H15BrN4O/c1-19-11-2-3-12(14)9(4-11)5-13(18-15)10-6-16-8-17-7-10/h2-4,6-8,13,18H,5,15H2,1H3. The Hall–Kier alpha value is -1.50. The molecule has 3 N–H and O–H groups in total. The predicted molar refractivity (Wildman–Crippen MR) is 76.5 cm³/mol. The smallest absolute Gasteiger partial charge is 0.119 e. The SMILES string of the molecule is COc1ccc(Br)c(CC(NN)c2cncnc2)c1. The number of methoxy groups -OCH3 is 1. The van der Waals surface area contributed by atoms with Crippen molar-refractivity contribution in [2.75, 3.05) is 7.11 Å². The molecule has 1 heterocycles. The van der Waals surface area contributed by atoms with E-state index in [0.29, 0.717) is 6.42 Å². The maximum atomic E-state index is 5.62. The van der Waals surface area contributed by atoms with Crippen LogP contribution in [0.3, 0.4) is 0 Å². The van der Waals surface area contributed by atoms with Crippen molar-refractivity contribution in [2.45, 2.75) is 12.5 Å². The minimum absolute atomic E-state index is 0.0513. The van der Waals surface area contributed by atoms with Crippen molar-refractivity contribution >= 4 is 15.9 Å². The van der Waals surface area contributed by atoms with Crippen molar-refractivity contribution in [3.05, 3.63) is 52.5 Å². The molecular weight excluding hydrogens is 308 g/mol. The van der Waals surface area contributed by atoms with Crippen molar-refractivity contribution in [1.29, 1.82) is 0 Å². The van der Waals surface area contributed by atoms with E-state index in [1.807, 2.05) is 18.2 Å². The van der Waals surface area contributed by atoms with E-state index in [0.717, 1.165) is 21.3 Å². The topological polar surface area (TPSA) is 73.1 Å². The first kappa shape index (κ1) is 13.9. The molecule has 2 aromatic rings. The Balaban J connectivity index is 2.23. The summed E-state index contributed by atoms with van der Waals surface area (Å²) in [5, 5.41) is 0. The van der Waals surface area contributed by atoms with Crippen LogP contribution in [-0.4, -0.2) is 17.1 Å². The normalized spacial score (nSPS) is 12.2. The molecule has 1 aromatic heterocycles. The number of hydrazine groups is 1. The van der Waals surface area contributed by atoms with Crippen molar-refractivity contribution in [2.24, 2.45) is 5.84 Å². The third-order valence-corrected chi connectivity index (χ3v) is 3.63. The fourth-order valence-electron chi connectivity index (χ4n) is 1.82. The number of nitrogens with one attached hydrogen (secondary N) is 1. The molecule has 0 aliphatic rings. The minimum Gasteiger partial charge on any atom is -0.497 e. The number of nitrogens with two attached hydrogens (primary N) is 1. The fraction of sp³-hybridized carbons (Fsp3) is 0.231.